The van der Waals surface area contributed by atoms with Crippen LogP contribution in [0.15, 0.2) is 29.3 Å². The number of anilines is 1. The molecule has 11 heteroatoms. The SMILES string of the molecule is C[C@H]1CC2(CCN(c3nc4c(c(-c5ccc6nn(C)cc6c5Cl)cn4COCC[Si](C)(C)C)c(=O)n3C)CC2)CO1. The van der Waals surface area contributed by atoms with E-state index in [4.69, 9.17) is 26.1 Å². The first-order valence-corrected chi connectivity index (χ1v) is 18.7. The van der Waals surface area contributed by atoms with Crippen LogP contribution in [0.5, 0.6) is 0 Å². The molecule has 2 aliphatic heterocycles. The van der Waals surface area contributed by atoms with Gasteiger partial charge in [-0.05, 0) is 43.7 Å². The molecule has 2 aliphatic rings. The number of hydrogen-bond acceptors (Lipinski definition) is 6. The van der Waals surface area contributed by atoms with E-state index in [1.807, 2.05) is 43.2 Å². The third-order valence-corrected chi connectivity index (χ3v) is 10.9. The van der Waals surface area contributed by atoms with Crippen molar-refractivity contribution in [2.24, 2.45) is 19.5 Å². The minimum Gasteiger partial charge on any atom is -0.378 e. The van der Waals surface area contributed by atoms with Crippen LogP contribution in [0.4, 0.5) is 5.95 Å². The number of rotatable bonds is 7. The quantitative estimate of drug-likeness (QED) is 0.203. The summed E-state index contributed by atoms with van der Waals surface area (Å²) in [5, 5.41) is 6.48. The van der Waals surface area contributed by atoms with E-state index in [9.17, 15) is 4.79 Å². The van der Waals surface area contributed by atoms with Crippen LogP contribution in [-0.4, -0.2) is 64.4 Å². The average Bonchev–Trinajstić information content (AvgIpc) is 3.59. The molecule has 1 spiro atoms. The number of piperidine rings is 1. The van der Waals surface area contributed by atoms with Gasteiger partial charge in [0.25, 0.3) is 5.56 Å². The Bertz CT molecular complexity index is 1660. The Balaban J connectivity index is 1.41. The maximum Gasteiger partial charge on any atom is 0.264 e. The third-order valence-electron chi connectivity index (χ3n) is 8.83. The largest absolute Gasteiger partial charge is 0.378 e. The molecule has 41 heavy (non-hydrogen) atoms. The van der Waals surface area contributed by atoms with Crippen molar-refractivity contribution < 1.29 is 9.47 Å². The van der Waals surface area contributed by atoms with Crippen LogP contribution in [0.3, 0.4) is 0 Å². The lowest BCUT2D eigenvalue weighted by molar-refractivity contribution is 0.0899. The van der Waals surface area contributed by atoms with Crippen LogP contribution in [0, 0.1) is 5.41 Å². The lowest BCUT2D eigenvalue weighted by Gasteiger charge is -2.39. The molecule has 1 atom stereocenters. The fraction of sp³-hybridized carbons (Fsp3) is 0.567. The number of halogens is 1. The predicted molar refractivity (Wildman–Crippen MR) is 168 cm³/mol. The smallest absolute Gasteiger partial charge is 0.264 e. The summed E-state index contributed by atoms with van der Waals surface area (Å²) in [5.74, 6) is 0.700. The fourth-order valence-corrected chi connectivity index (χ4v) is 7.46. The Labute approximate surface area is 247 Å². The molecule has 0 aliphatic carbocycles. The van der Waals surface area contributed by atoms with Gasteiger partial charge in [-0.25, -0.2) is 0 Å². The van der Waals surface area contributed by atoms with Crippen LogP contribution in [-0.2, 0) is 30.3 Å². The average molecular weight is 597 g/mol. The van der Waals surface area contributed by atoms with E-state index in [1.165, 1.54) is 0 Å². The first kappa shape index (κ1) is 28.5. The van der Waals surface area contributed by atoms with E-state index >= 15 is 0 Å². The Hall–Kier alpha value is -2.66. The topological polar surface area (TPSA) is 79.3 Å². The molecule has 0 saturated carbocycles. The molecule has 0 bridgehead atoms. The normalized spacial score (nSPS) is 19.3. The molecule has 2 saturated heterocycles. The molecular formula is C30H41ClN6O3Si. The van der Waals surface area contributed by atoms with E-state index in [2.05, 4.69) is 36.6 Å². The van der Waals surface area contributed by atoms with Crippen molar-refractivity contribution in [2.45, 2.75) is 64.7 Å². The molecule has 5 heterocycles. The third kappa shape index (κ3) is 5.35. The second-order valence-electron chi connectivity index (χ2n) is 13.3. The maximum atomic E-state index is 14.1. The molecule has 3 aromatic heterocycles. The number of hydrogen-bond donors (Lipinski definition) is 0. The van der Waals surface area contributed by atoms with Crippen LogP contribution < -0.4 is 10.5 Å². The fourth-order valence-electron chi connectivity index (χ4n) is 6.39. The van der Waals surface area contributed by atoms with Crippen molar-refractivity contribution in [3.05, 3.63) is 39.9 Å². The predicted octanol–water partition coefficient (Wildman–Crippen LogP) is 5.65. The second-order valence-corrected chi connectivity index (χ2v) is 19.3. The minimum absolute atomic E-state index is 0.0821. The van der Waals surface area contributed by atoms with E-state index in [1.54, 1.807) is 9.25 Å². The van der Waals surface area contributed by atoms with Gasteiger partial charge in [-0.15, -0.1) is 0 Å². The monoisotopic (exact) mass is 596 g/mol. The van der Waals surface area contributed by atoms with Gasteiger partial charge >= 0.3 is 0 Å². The molecule has 0 amide bonds. The van der Waals surface area contributed by atoms with Crippen LogP contribution in [0.1, 0.15) is 26.2 Å². The second kappa shape index (κ2) is 10.6. The standard InChI is InChI=1S/C30H41ClN6O3Si/c1-20-15-30(18-40-20)9-11-36(12-10-30)29-32-27-25(28(38)35(29)3)22(17-37(27)19-39-13-14-41(4,5)6)21-7-8-24-23(26(21)31)16-34(2)33-24/h7-8,16-17,20H,9-15,18-19H2,1-6H3/t20-/m0/s1. The van der Waals surface area contributed by atoms with Crippen LogP contribution >= 0.6 is 11.6 Å². The molecule has 0 N–H and O–H groups in total. The number of aromatic nitrogens is 5. The lowest BCUT2D eigenvalue weighted by Crippen LogP contribution is -2.43. The molecule has 1 aromatic carbocycles. The van der Waals surface area contributed by atoms with Gasteiger partial charge in [0.2, 0.25) is 5.95 Å². The maximum absolute atomic E-state index is 14.1. The van der Waals surface area contributed by atoms with Crippen molar-refractivity contribution >= 4 is 47.6 Å². The summed E-state index contributed by atoms with van der Waals surface area (Å²) in [6, 6.07) is 4.97. The number of benzene rings is 1. The van der Waals surface area contributed by atoms with Crippen LogP contribution in [0.2, 0.25) is 30.7 Å². The molecular weight excluding hydrogens is 556 g/mol. The van der Waals surface area contributed by atoms with Gasteiger partial charge < -0.3 is 18.9 Å². The van der Waals surface area contributed by atoms with E-state index in [0.29, 0.717) is 41.4 Å². The van der Waals surface area contributed by atoms with Gasteiger partial charge in [0, 0.05) is 70.8 Å². The van der Waals surface area contributed by atoms with Gasteiger partial charge in [-0.1, -0.05) is 37.3 Å². The molecule has 220 valence electrons. The van der Waals surface area contributed by atoms with Gasteiger partial charge in [0.05, 0.1) is 28.6 Å². The summed E-state index contributed by atoms with van der Waals surface area (Å²) in [6.45, 7) is 12.7. The number of aryl methyl sites for hydroxylation is 1. The molecule has 9 nitrogen and oxygen atoms in total. The zero-order chi connectivity index (χ0) is 29.1. The molecule has 0 radical (unpaired) electrons. The van der Waals surface area contributed by atoms with Crippen molar-refractivity contribution in [3.63, 3.8) is 0 Å². The highest BCUT2D eigenvalue weighted by Crippen LogP contribution is 2.43. The molecule has 6 rings (SSSR count). The van der Waals surface area contributed by atoms with Crippen LogP contribution in [0.25, 0.3) is 33.1 Å². The van der Waals surface area contributed by atoms with Gasteiger partial charge in [0.1, 0.15) is 6.73 Å². The van der Waals surface area contributed by atoms with Crippen molar-refractivity contribution in [1.82, 2.24) is 23.9 Å². The summed E-state index contributed by atoms with van der Waals surface area (Å²) in [7, 11) is 2.47. The van der Waals surface area contributed by atoms with Gasteiger partial charge in [0.15, 0.2) is 5.65 Å². The zero-order valence-electron chi connectivity index (χ0n) is 25.0. The Morgan fingerprint density at radius 3 is 2.59 bits per heavy atom. The zero-order valence-corrected chi connectivity index (χ0v) is 26.8. The first-order valence-electron chi connectivity index (χ1n) is 14.6. The lowest BCUT2D eigenvalue weighted by atomic mass is 9.77. The first-order chi connectivity index (χ1) is 19.4. The Morgan fingerprint density at radius 1 is 1.15 bits per heavy atom. The van der Waals surface area contributed by atoms with Crippen molar-refractivity contribution in [1.29, 1.82) is 0 Å². The summed E-state index contributed by atoms with van der Waals surface area (Å²) in [6.07, 6.45) is 7.39. The number of nitrogens with zero attached hydrogens (tertiary/aromatic N) is 6. The van der Waals surface area contributed by atoms with Crippen molar-refractivity contribution in [3.8, 4) is 11.1 Å². The Kier molecular flexibility index (Phi) is 7.33. The molecule has 2 fully saturated rings. The summed E-state index contributed by atoms with van der Waals surface area (Å²) >= 11 is 6.95. The summed E-state index contributed by atoms with van der Waals surface area (Å²) in [4.78, 5) is 21.5. The van der Waals surface area contributed by atoms with Gasteiger partial charge in [-0.3, -0.25) is 14.0 Å². The van der Waals surface area contributed by atoms with Crippen molar-refractivity contribution in [2.75, 3.05) is 31.2 Å². The number of ether oxygens (including phenoxy) is 2. The highest BCUT2D eigenvalue weighted by atomic mass is 35.5. The molecule has 4 aromatic rings. The summed E-state index contributed by atoms with van der Waals surface area (Å²) < 4.78 is 17.5. The highest BCUT2D eigenvalue weighted by Gasteiger charge is 2.41. The highest BCUT2D eigenvalue weighted by molar-refractivity contribution is 6.76. The Morgan fingerprint density at radius 2 is 1.90 bits per heavy atom. The molecule has 0 unspecified atom stereocenters. The summed E-state index contributed by atoms with van der Waals surface area (Å²) in [5.41, 5.74) is 3.17. The van der Waals surface area contributed by atoms with E-state index < -0.39 is 8.07 Å². The van der Waals surface area contributed by atoms with E-state index in [-0.39, 0.29) is 11.0 Å². The minimum atomic E-state index is -1.24. The van der Waals surface area contributed by atoms with E-state index in [0.717, 1.165) is 67.0 Å². The van der Waals surface area contributed by atoms with Gasteiger partial charge in [-0.2, -0.15) is 10.1 Å². The number of fused-ring (bicyclic) bond motifs is 2.